The second kappa shape index (κ2) is 7.68. The number of ether oxygens (including phenoxy) is 1. The van der Waals surface area contributed by atoms with Crippen molar-refractivity contribution < 1.29 is 9.53 Å². The van der Waals surface area contributed by atoms with Gasteiger partial charge < -0.3 is 15.4 Å². The molecule has 120 valence electrons. The summed E-state index contributed by atoms with van der Waals surface area (Å²) in [6.07, 6.45) is 2.79. The molecule has 3 rings (SSSR count). The number of aryl methyl sites for hydroxylation is 1. The molecule has 2 amide bonds. The van der Waals surface area contributed by atoms with Crippen molar-refractivity contribution >= 4 is 6.03 Å². The van der Waals surface area contributed by atoms with E-state index in [-0.39, 0.29) is 12.1 Å². The van der Waals surface area contributed by atoms with Crippen LogP contribution < -0.4 is 15.4 Å². The molecule has 2 aromatic carbocycles. The van der Waals surface area contributed by atoms with E-state index < -0.39 is 0 Å². The van der Waals surface area contributed by atoms with Gasteiger partial charge in [-0.15, -0.1) is 0 Å². The van der Waals surface area contributed by atoms with Gasteiger partial charge in [-0.25, -0.2) is 4.79 Å². The lowest BCUT2D eigenvalue weighted by atomic mass is 10.1. The molecule has 0 spiro atoms. The highest BCUT2D eigenvalue weighted by molar-refractivity contribution is 5.74. The first-order chi connectivity index (χ1) is 11.3. The van der Waals surface area contributed by atoms with Crippen molar-refractivity contribution in [2.45, 2.75) is 25.3 Å². The van der Waals surface area contributed by atoms with Gasteiger partial charge in [0.15, 0.2) is 0 Å². The predicted molar refractivity (Wildman–Crippen MR) is 90.6 cm³/mol. The summed E-state index contributed by atoms with van der Waals surface area (Å²) < 4.78 is 5.60. The molecule has 0 saturated heterocycles. The fraction of sp³-hybridized carbons (Fsp3) is 0.316. The van der Waals surface area contributed by atoms with Crippen molar-refractivity contribution in [2.24, 2.45) is 0 Å². The number of amides is 2. The van der Waals surface area contributed by atoms with Crippen LogP contribution in [0.4, 0.5) is 4.79 Å². The SMILES string of the molecule is O=C(NCCCOc1ccccc1)N[C@H]1CCc2ccccc21. The topological polar surface area (TPSA) is 50.4 Å². The highest BCUT2D eigenvalue weighted by Gasteiger charge is 2.22. The first kappa shape index (κ1) is 15.4. The quantitative estimate of drug-likeness (QED) is 0.803. The summed E-state index contributed by atoms with van der Waals surface area (Å²) >= 11 is 0. The maximum absolute atomic E-state index is 12.0. The largest absolute Gasteiger partial charge is 0.494 e. The van der Waals surface area contributed by atoms with Crippen LogP contribution in [0.5, 0.6) is 5.75 Å². The molecule has 0 radical (unpaired) electrons. The van der Waals surface area contributed by atoms with E-state index >= 15 is 0 Å². The van der Waals surface area contributed by atoms with Crippen LogP contribution in [0.3, 0.4) is 0 Å². The average Bonchev–Trinajstić information content (AvgIpc) is 2.99. The summed E-state index contributed by atoms with van der Waals surface area (Å²) in [7, 11) is 0. The van der Waals surface area contributed by atoms with Crippen LogP contribution in [0.1, 0.15) is 30.0 Å². The van der Waals surface area contributed by atoms with Crippen molar-refractivity contribution in [3.8, 4) is 5.75 Å². The van der Waals surface area contributed by atoms with E-state index in [1.54, 1.807) is 0 Å². The molecule has 0 heterocycles. The number of nitrogens with one attached hydrogen (secondary N) is 2. The van der Waals surface area contributed by atoms with Crippen LogP contribution in [0.15, 0.2) is 54.6 Å². The Balaban J connectivity index is 1.34. The maximum Gasteiger partial charge on any atom is 0.315 e. The Hall–Kier alpha value is -2.49. The predicted octanol–water partition coefficient (Wildman–Crippen LogP) is 3.44. The molecule has 23 heavy (non-hydrogen) atoms. The molecular formula is C19H22N2O2. The number of fused-ring (bicyclic) bond motifs is 1. The number of benzene rings is 2. The number of urea groups is 1. The van der Waals surface area contributed by atoms with E-state index in [0.717, 1.165) is 25.0 Å². The Kier molecular flexibility index (Phi) is 5.14. The minimum Gasteiger partial charge on any atom is -0.494 e. The van der Waals surface area contributed by atoms with Gasteiger partial charge in [0.05, 0.1) is 12.6 Å². The van der Waals surface area contributed by atoms with Gasteiger partial charge in [0.25, 0.3) is 0 Å². The normalized spacial score (nSPS) is 15.7. The van der Waals surface area contributed by atoms with Gasteiger partial charge in [0.1, 0.15) is 5.75 Å². The van der Waals surface area contributed by atoms with E-state index in [2.05, 4.69) is 22.8 Å². The molecule has 2 aromatic rings. The van der Waals surface area contributed by atoms with Crippen LogP contribution in [0.2, 0.25) is 0 Å². The molecule has 0 saturated carbocycles. The Bertz CT molecular complexity index is 643. The van der Waals surface area contributed by atoms with Crippen molar-refractivity contribution in [2.75, 3.05) is 13.2 Å². The standard InChI is InChI=1S/C19H22N2O2/c22-19(20-13-6-14-23-16-8-2-1-3-9-16)21-18-12-11-15-7-4-5-10-17(15)18/h1-5,7-10,18H,6,11-14H2,(H2,20,21,22)/t18-/m0/s1. The van der Waals surface area contributed by atoms with Gasteiger partial charge in [-0.3, -0.25) is 0 Å². The van der Waals surface area contributed by atoms with Crippen molar-refractivity contribution in [3.05, 3.63) is 65.7 Å². The zero-order valence-electron chi connectivity index (χ0n) is 13.1. The number of hydrogen-bond acceptors (Lipinski definition) is 2. The van der Waals surface area contributed by atoms with Crippen LogP contribution in [-0.2, 0) is 6.42 Å². The number of carbonyl (C=O) groups excluding carboxylic acids is 1. The molecular weight excluding hydrogens is 288 g/mol. The molecule has 1 aliphatic carbocycles. The monoisotopic (exact) mass is 310 g/mol. The third-order valence-electron chi connectivity index (χ3n) is 4.06. The Morgan fingerprint density at radius 1 is 1.09 bits per heavy atom. The Morgan fingerprint density at radius 2 is 1.87 bits per heavy atom. The summed E-state index contributed by atoms with van der Waals surface area (Å²) in [6, 6.07) is 18.0. The average molecular weight is 310 g/mol. The molecule has 2 N–H and O–H groups in total. The number of para-hydroxylation sites is 1. The van der Waals surface area contributed by atoms with E-state index in [0.29, 0.717) is 13.2 Å². The second-order valence-electron chi connectivity index (χ2n) is 5.71. The minimum atomic E-state index is -0.105. The lowest BCUT2D eigenvalue weighted by Gasteiger charge is -2.15. The van der Waals surface area contributed by atoms with Crippen LogP contribution in [-0.4, -0.2) is 19.2 Å². The van der Waals surface area contributed by atoms with Crippen molar-refractivity contribution in [3.63, 3.8) is 0 Å². The zero-order valence-corrected chi connectivity index (χ0v) is 13.1. The van der Waals surface area contributed by atoms with Gasteiger partial charge in [0.2, 0.25) is 0 Å². The minimum absolute atomic E-state index is 0.105. The van der Waals surface area contributed by atoms with Crippen LogP contribution in [0.25, 0.3) is 0 Å². The molecule has 0 aliphatic heterocycles. The molecule has 4 nitrogen and oxygen atoms in total. The van der Waals surface area contributed by atoms with Gasteiger partial charge in [-0.1, -0.05) is 42.5 Å². The molecule has 0 fully saturated rings. The summed E-state index contributed by atoms with van der Waals surface area (Å²) in [5.41, 5.74) is 2.59. The second-order valence-corrected chi connectivity index (χ2v) is 5.71. The first-order valence-corrected chi connectivity index (χ1v) is 8.13. The van der Waals surface area contributed by atoms with Gasteiger partial charge in [-0.05, 0) is 42.5 Å². The Labute approximate surface area is 136 Å². The zero-order chi connectivity index (χ0) is 15.9. The summed E-state index contributed by atoms with van der Waals surface area (Å²) in [4.78, 5) is 12.0. The third-order valence-corrected chi connectivity index (χ3v) is 4.06. The fourth-order valence-electron chi connectivity index (χ4n) is 2.90. The van der Waals surface area contributed by atoms with Gasteiger partial charge >= 0.3 is 6.03 Å². The van der Waals surface area contributed by atoms with E-state index in [1.807, 2.05) is 42.5 Å². The van der Waals surface area contributed by atoms with E-state index in [9.17, 15) is 4.79 Å². The molecule has 1 aliphatic rings. The lowest BCUT2D eigenvalue weighted by molar-refractivity contribution is 0.235. The highest BCUT2D eigenvalue weighted by atomic mass is 16.5. The maximum atomic E-state index is 12.0. The first-order valence-electron chi connectivity index (χ1n) is 8.13. The summed E-state index contributed by atoms with van der Waals surface area (Å²) in [6.45, 7) is 1.20. The number of rotatable bonds is 6. The third kappa shape index (κ3) is 4.25. The molecule has 0 bridgehead atoms. The highest BCUT2D eigenvalue weighted by Crippen LogP contribution is 2.30. The summed E-state index contributed by atoms with van der Waals surface area (Å²) in [5, 5.41) is 5.95. The molecule has 0 aromatic heterocycles. The van der Waals surface area contributed by atoms with Gasteiger partial charge in [-0.2, -0.15) is 0 Å². The van der Waals surface area contributed by atoms with Gasteiger partial charge in [0, 0.05) is 6.54 Å². The molecule has 1 atom stereocenters. The summed E-state index contributed by atoms with van der Waals surface area (Å²) in [5.74, 6) is 0.861. The van der Waals surface area contributed by atoms with E-state index in [1.165, 1.54) is 11.1 Å². The van der Waals surface area contributed by atoms with Crippen LogP contribution >= 0.6 is 0 Å². The van der Waals surface area contributed by atoms with Crippen molar-refractivity contribution in [1.29, 1.82) is 0 Å². The molecule has 4 heteroatoms. The lowest BCUT2D eigenvalue weighted by Crippen LogP contribution is -2.38. The molecule has 0 unspecified atom stereocenters. The number of hydrogen-bond donors (Lipinski definition) is 2. The number of carbonyl (C=O) groups is 1. The Morgan fingerprint density at radius 3 is 2.74 bits per heavy atom. The fourth-order valence-corrected chi connectivity index (χ4v) is 2.90. The van der Waals surface area contributed by atoms with Crippen molar-refractivity contribution in [1.82, 2.24) is 10.6 Å². The smallest absolute Gasteiger partial charge is 0.315 e. The van der Waals surface area contributed by atoms with Crippen LogP contribution in [0, 0.1) is 0 Å². The van der Waals surface area contributed by atoms with E-state index in [4.69, 9.17) is 4.74 Å².